The standard InChI is InChI=1S/C24H26N4O4/c1-31-20-7-3-5-18(15-20)22-9-10-23(29)28(25-22)17-24(30)27-13-11-26(12-14-27)19-6-4-8-21(16-19)32-2/h3-10,15-16H,11-14,17H2,1-2H3. The SMILES string of the molecule is COc1cccc(-c2ccc(=O)n(CC(=O)N3CCN(c4cccc(OC)c4)CC3)n2)c1. The minimum atomic E-state index is -0.306. The molecule has 0 unspecified atom stereocenters. The lowest BCUT2D eigenvalue weighted by Crippen LogP contribution is -2.50. The van der Waals surface area contributed by atoms with Gasteiger partial charge in [0.25, 0.3) is 5.56 Å². The highest BCUT2D eigenvalue weighted by Gasteiger charge is 2.22. The van der Waals surface area contributed by atoms with Gasteiger partial charge in [0, 0.05) is 49.6 Å². The molecule has 166 valence electrons. The number of amides is 1. The average molecular weight is 434 g/mol. The summed E-state index contributed by atoms with van der Waals surface area (Å²) in [5.74, 6) is 1.39. The monoisotopic (exact) mass is 434 g/mol. The maximum absolute atomic E-state index is 12.9. The molecule has 8 heteroatoms. The molecule has 1 amide bonds. The molecule has 1 saturated heterocycles. The number of nitrogens with zero attached hydrogens (tertiary/aromatic N) is 4. The second-order valence-electron chi connectivity index (χ2n) is 7.52. The summed E-state index contributed by atoms with van der Waals surface area (Å²) >= 11 is 0. The third-order valence-corrected chi connectivity index (χ3v) is 5.57. The number of anilines is 1. The first-order valence-electron chi connectivity index (χ1n) is 10.5. The van der Waals surface area contributed by atoms with Crippen molar-refractivity contribution in [3.8, 4) is 22.8 Å². The molecular formula is C24H26N4O4. The number of aromatic nitrogens is 2. The molecule has 0 radical (unpaired) electrons. The van der Waals surface area contributed by atoms with Gasteiger partial charge < -0.3 is 19.3 Å². The van der Waals surface area contributed by atoms with Gasteiger partial charge >= 0.3 is 0 Å². The molecule has 0 bridgehead atoms. The number of rotatable bonds is 6. The zero-order valence-electron chi connectivity index (χ0n) is 18.2. The molecule has 0 atom stereocenters. The van der Waals surface area contributed by atoms with Crippen LogP contribution in [0.25, 0.3) is 11.3 Å². The lowest BCUT2D eigenvalue weighted by molar-refractivity contribution is -0.132. The molecule has 1 aromatic heterocycles. The fourth-order valence-corrected chi connectivity index (χ4v) is 3.75. The van der Waals surface area contributed by atoms with Gasteiger partial charge in [0.05, 0.1) is 19.9 Å². The van der Waals surface area contributed by atoms with Gasteiger partial charge in [0.2, 0.25) is 5.91 Å². The maximum atomic E-state index is 12.9. The largest absolute Gasteiger partial charge is 0.497 e. The topological polar surface area (TPSA) is 76.9 Å². The molecule has 2 aromatic carbocycles. The van der Waals surface area contributed by atoms with Crippen molar-refractivity contribution in [3.05, 3.63) is 71.0 Å². The first kappa shape index (κ1) is 21.4. The molecular weight excluding hydrogens is 408 g/mol. The Kier molecular flexibility index (Phi) is 6.39. The molecule has 0 N–H and O–H groups in total. The Balaban J connectivity index is 1.42. The first-order chi connectivity index (χ1) is 15.6. The van der Waals surface area contributed by atoms with Gasteiger partial charge in [-0.05, 0) is 30.3 Å². The second kappa shape index (κ2) is 9.55. The first-order valence-corrected chi connectivity index (χ1v) is 10.5. The third kappa shape index (κ3) is 4.74. The van der Waals surface area contributed by atoms with E-state index in [1.165, 1.54) is 10.7 Å². The van der Waals surface area contributed by atoms with Gasteiger partial charge in [-0.25, -0.2) is 4.68 Å². The van der Waals surface area contributed by atoms with E-state index < -0.39 is 0 Å². The Morgan fingerprint density at radius 2 is 1.59 bits per heavy atom. The number of hydrogen-bond donors (Lipinski definition) is 0. The molecule has 3 aromatic rings. The molecule has 0 aliphatic carbocycles. The predicted molar refractivity (Wildman–Crippen MR) is 122 cm³/mol. The zero-order chi connectivity index (χ0) is 22.5. The quantitative estimate of drug-likeness (QED) is 0.593. The van der Waals surface area contributed by atoms with E-state index in [1.54, 1.807) is 25.2 Å². The summed E-state index contributed by atoms with van der Waals surface area (Å²) in [6.45, 7) is 2.51. The van der Waals surface area contributed by atoms with Crippen LogP contribution >= 0.6 is 0 Å². The Bertz CT molecular complexity index is 1150. The summed E-state index contributed by atoms with van der Waals surface area (Å²) in [6, 6.07) is 18.4. The summed E-state index contributed by atoms with van der Waals surface area (Å²) in [5, 5.41) is 4.41. The van der Waals surface area contributed by atoms with Gasteiger partial charge in [-0.1, -0.05) is 18.2 Å². The number of ether oxygens (including phenoxy) is 2. The van der Waals surface area contributed by atoms with Crippen LogP contribution < -0.4 is 19.9 Å². The summed E-state index contributed by atoms with van der Waals surface area (Å²) in [6.07, 6.45) is 0. The Morgan fingerprint density at radius 1 is 0.906 bits per heavy atom. The Labute approximate surface area is 186 Å². The van der Waals surface area contributed by atoms with Crippen molar-refractivity contribution in [1.82, 2.24) is 14.7 Å². The molecule has 32 heavy (non-hydrogen) atoms. The molecule has 0 spiro atoms. The van der Waals surface area contributed by atoms with Crippen molar-refractivity contribution in [3.63, 3.8) is 0 Å². The average Bonchev–Trinajstić information content (AvgIpc) is 2.85. The number of methoxy groups -OCH3 is 2. The van der Waals surface area contributed by atoms with Crippen LogP contribution in [-0.4, -0.2) is 61.0 Å². The van der Waals surface area contributed by atoms with E-state index in [-0.39, 0.29) is 18.0 Å². The summed E-state index contributed by atoms with van der Waals surface area (Å²) in [5.41, 5.74) is 2.19. The Morgan fingerprint density at radius 3 is 2.31 bits per heavy atom. The minimum Gasteiger partial charge on any atom is -0.497 e. The molecule has 4 rings (SSSR count). The minimum absolute atomic E-state index is 0.0875. The van der Waals surface area contributed by atoms with E-state index in [1.807, 2.05) is 48.5 Å². The zero-order valence-corrected chi connectivity index (χ0v) is 18.2. The second-order valence-corrected chi connectivity index (χ2v) is 7.52. The van der Waals surface area contributed by atoms with Crippen LogP contribution in [0.4, 0.5) is 5.69 Å². The van der Waals surface area contributed by atoms with Gasteiger partial charge in [-0.2, -0.15) is 5.10 Å². The van der Waals surface area contributed by atoms with Crippen molar-refractivity contribution in [2.24, 2.45) is 0 Å². The van der Waals surface area contributed by atoms with Crippen LogP contribution in [0.15, 0.2) is 65.5 Å². The van der Waals surface area contributed by atoms with E-state index in [0.29, 0.717) is 37.6 Å². The van der Waals surface area contributed by atoms with Gasteiger partial charge in [-0.3, -0.25) is 9.59 Å². The summed E-state index contributed by atoms with van der Waals surface area (Å²) in [4.78, 5) is 29.2. The number of piperazine rings is 1. The molecule has 1 fully saturated rings. The molecule has 1 aliphatic heterocycles. The highest BCUT2D eigenvalue weighted by atomic mass is 16.5. The predicted octanol–water partition coefficient (Wildman–Crippen LogP) is 2.28. The van der Waals surface area contributed by atoms with Gasteiger partial charge in [0.15, 0.2) is 0 Å². The van der Waals surface area contributed by atoms with Crippen molar-refractivity contribution in [2.45, 2.75) is 6.54 Å². The lowest BCUT2D eigenvalue weighted by Gasteiger charge is -2.36. The van der Waals surface area contributed by atoms with Crippen molar-refractivity contribution in [1.29, 1.82) is 0 Å². The lowest BCUT2D eigenvalue weighted by atomic mass is 10.1. The number of carbonyl (C=O) groups excluding carboxylic acids is 1. The van der Waals surface area contributed by atoms with Crippen molar-refractivity contribution >= 4 is 11.6 Å². The smallest absolute Gasteiger partial charge is 0.267 e. The van der Waals surface area contributed by atoms with Crippen LogP contribution in [-0.2, 0) is 11.3 Å². The number of carbonyl (C=O) groups is 1. The third-order valence-electron chi connectivity index (χ3n) is 5.57. The molecule has 1 aliphatic rings. The number of benzene rings is 2. The van der Waals surface area contributed by atoms with Crippen LogP contribution in [0, 0.1) is 0 Å². The normalized spacial score (nSPS) is 13.7. The highest BCUT2D eigenvalue weighted by Crippen LogP contribution is 2.23. The van der Waals surface area contributed by atoms with Crippen LogP contribution in [0.1, 0.15) is 0 Å². The number of hydrogen-bond acceptors (Lipinski definition) is 6. The van der Waals surface area contributed by atoms with Crippen LogP contribution in [0.5, 0.6) is 11.5 Å². The maximum Gasteiger partial charge on any atom is 0.267 e. The van der Waals surface area contributed by atoms with Crippen LogP contribution in [0.3, 0.4) is 0 Å². The van der Waals surface area contributed by atoms with E-state index >= 15 is 0 Å². The van der Waals surface area contributed by atoms with Gasteiger partial charge in [0.1, 0.15) is 18.0 Å². The Hall–Kier alpha value is -3.81. The van der Waals surface area contributed by atoms with E-state index in [4.69, 9.17) is 9.47 Å². The van der Waals surface area contributed by atoms with Crippen LogP contribution in [0.2, 0.25) is 0 Å². The molecule has 2 heterocycles. The molecule has 0 saturated carbocycles. The van der Waals surface area contributed by atoms with E-state index in [0.717, 1.165) is 17.0 Å². The van der Waals surface area contributed by atoms with E-state index in [2.05, 4.69) is 10.00 Å². The fraction of sp³-hybridized carbons (Fsp3) is 0.292. The van der Waals surface area contributed by atoms with Crippen molar-refractivity contribution < 1.29 is 14.3 Å². The molecule has 8 nitrogen and oxygen atoms in total. The van der Waals surface area contributed by atoms with E-state index in [9.17, 15) is 9.59 Å². The summed E-state index contributed by atoms with van der Waals surface area (Å²) < 4.78 is 11.8. The van der Waals surface area contributed by atoms with Crippen molar-refractivity contribution in [2.75, 3.05) is 45.3 Å². The summed E-state index contributed by atoms with van der Waals surface area (Å²) in [7, 11) is 3.25. The van der Waals surface area contributed by atoms with Gasteiger partial charge in [-0.15, -0.1) is 0 Å². The fourth-order valence-electron chi connectivity index (χ4n) is 3.75. The highest BCUT2D eigenvalue weighted by molar-refractivity contribution is 5.76.